The van der Waals surface area contributed by atoms with E-state index in [0.717, 1.165) is 23.3 Å². The van der Waals surface area contributed by atoms with Gasteiger partial charge in [-0.3, -0.25) is 9.78 Å². The van der Waals surface area contributed by atoms with Gasteiger partial charge in [0.05, 0.1) is 5.56 Å². The largest absolute Gasteiger partial charge is 0.416 e. The van der Waals surface area contributed by atoms with Crippen LogP contribution in [0.4, 0.5) is 13.2 Å². The third kappa shape index (κ3) is 5.97. The lowest BCUT2D eigenvalue weighted by Crippen LogP contribution is -2.39. The zero-order valence-corrected chi connectivity index (χ0v) is 16.3. The van der Waals surface area contributed by atoms with Gasteiger partial charge < -0.3 is 14.5 Å². The van der Waals surface area contributed by atoms with Crippen molar-refractivity contribution in [2.24, 2.45) is 5.41 Å². The van der Waals surface area contributed by atoms with Crippen LogP contribution in [0.5, 0.6) is 0 Å². The summed E-state index contributed by atoms with van der Waals surface area (Å²) in [6, 6.07) is 7.07. The van der Waals surface area contributed by atoms with Gasteiger partial charge in [0.1, 0.15) is 13.6 Å². The molecule has 156 valence electrons. The molecule has 1 aromatic carbocycles. The Kier molecular flexibility index (Phi) is 8.24. The minimum atomic E-state index is -4.38. The molecule has 0 saturated carbocycles. The van der Waals surface area contributed by atoms with E-state index in [1.807, 2.05) is 19.6 Å². The lowest BCUT2D eigenvalue weighted by Gasteiger charge is -2.29. The molecule has 2 heterocycles. The summed E-state index contributed by atoms with van der Waals surface area (Å²) in [4.78, 5) is 34.7. The van der Waals surface area contributed by atoms with Crippen LogP contribution in [0.3, 0.4) is 0 Å². The number of fused-ring (bicyclic) bond motifs is 1. The zero-order chi connectivity index (χ0) is 22.2. The number of aromatic nitrogens is 1. The smallest absolute Gasteiger partial charge is 0.333 e. The molecule has 1 amide bonds. The van der Waals surface area contributed by atoms with E-state index < -0.39 is 17.2 Å². The maximum absolute atomic E-state index is 12.9. The van der Waals surface area contributed by atoms with Crippen molar-refractivity contribution in [3.05, 3.63) is 65.0 Å². The minimum Gasteiger partial charge on any atom is -0.333 e. The van der Waals surface area contributed by atoms with Crippen LogP contribution in [0, 0.1) is 5.41 Å². The number of rotatable bonds is 3. The van der Waals surface area contributed by atoms with Gasteiger partial charge in [0.2, 0.25) is 5.91 Å². The van der Waals surface area contributed by atoms with Crippen LogP contribution in [-0.4, -0.2) is 29.4 Å². The van der Waals surface area contributed by atoms with Gasteiger partial charge in [-0.05, 0) is 35.2 Å². The van der Waals surface area contributed by atoms with Crippen molar-refractivity contribution in [2.75, 3.05) is 0 Å². The Labute approximate surface area is 167 Å². The molecule has 2 aromatic rings. The second-order valence-electron chi connectivity index (χ2n) is 7.06. The van der Waals surface area contributed by atoms with E-state index in [0.29, 0.717) is 18.7 Å². The van der Waals surface area contributed by atoms with Crippen LogP contribution in [0.25, 0.3) is 0 Å². The number of alkyl halides is 3. The topological polar surface area (TPSA) is 67.3 Å². The van der Waals surface area contributed by atoms with Crippen molar-refractivity contribution in [3.63, 3.8) is 0 Å². The summed E-state index contributed by atoms with van der Waals surface area (Å²) in [6.07, 6.45) is -0.683. The highest BCUT2D eigenvalue weighted by atomic mass is 19.4. The zero-order valence-electron chi connectivity index (χ0n) is 16.3. The van der Waals surface area contributed by atoms with Gasteiger partial charge in [0.25, 0.3) is 0 Å². The van der Waals surface area contributed by atoms with Gasteiger partial charge in [-0.25, -0.2) is 0 Å². The third-order valence-corrected chi connectivity index (χ3v) is 4.49. The summed E-state index contributed by atoms with van der Waals surface area (Å²) < 4.78 is 38.6. The molecule has 0 atom stereocenters. The quantitative estimate of drug-likeness (QED) is 0.774. The molecule has 1 aliphatic heterocycles. The molecule has 0 spiro atoms. The molecule has 1 aromatic heterocycles. The fraction of sp³-hybridized carbons (Fsp3) is 0.333. The van der Waals surface area contributed by atoms with Gasteiger partial charge >= 0.3 is 6.18 Å². The standard InChI is InChI=1S/C19H19F3N2O.2CH2O/c1-18(2,9-13-4-3-5-16(8-13)19(20,21)22)17(25)24-11-14-6-7-23-10-15(14)12-24;2*1-2/h3-8,10H,9,11-12H2,1-2H3;2*1H2. The Morgan fingerprint density at radius 3 is 2.28 bits per heavy atom. The lowest BCUT2D eigenvalue weighted by atomic mass is 9.84. The second-order valence-corrected chi connectivity index (χ2v) is 7.06. The fourth-order valence-electron chi connectivity index (χ4n) is 3.23. The lowest BCUT2D eigenvalue weighted by molar-refractivity contribution is -0.141. The molecule has 0 saturated heterocycles. The number of hydrogen-bond acceptors (Lipinski definition) is 4. The Hall–Kier alpha value is -3.03. The minimum absolute atomic E-state index is 0.0684. The van der Waals surface area contributed by atoms with Crippen molar-refractivity contribution in [3.8, 4) is 0 Å². The van der Waals surface area contributed by atoms with Crippen LogP contribution >= 0.6 is 0 Å². The average Bonchev–Trinajstić information content (AvgIpc) is 3.14. The van der Waals surface area contributed by atoms with Crippen molar-refractivity contribution in [1.29, 1.82) is 0 Å². The summed E-state index contributed by atoms with van der Waals surface area (Å²) in [5.74, 6) is -0.0684. The van der Waals surface area contributed by atoms with Crippen LogP contribution in [0.15, 0.2) is 42.7 Å². The van der Waals surface area contributed by atoms with Crippen LogP contribution in [0.1, 0.15) is 36.1 Å². The molecule has 3 rings (SSSR count). The highest BCUT2D eigenvalue weighted by molar-refractivity contribution is 5.82. The number of pyridine rings is 1. The predicted molar refractivity (Wildman–Crippen MR) is 102 cm³/mol. The summed E-state index contributed by atoms with van der Waals surface area (Å²) in [5.41, 5.74) is 1.11. The van der Waals surface area contributed by atoms with E-state index in [2.05, 4.69) is 4.98 Å². The van der Waals surface area contributed by atoms with E-state index in [1.54, 1.807) is 37.2 Å². The number of benzene rings is 1. The van der Waals surface area contributed by atoms with Crippen molar-refractivity contribution in [1.82, 2.24) is 9.88 Å². The molecule has 0 unspecified atom stereocenters. The summed E-state index contributed by atoms with van der Waals surface area (Å²) >= 11 is 0. The Balaban J connectivity index is 0.000000989. The highest BCUT2D eigenvalue weighted by Gasteiger charge is 2.36. The molecule has 0 N–H and O–H groups in total. The first-order chi connectivity index (χ1) is 13.7. The third-order valence-electron chi connectivity index (χ3n) is 4.49. The SMILES string of the molecule is C=O.C=O.CC(C)(Cc1cccc(C(F)(F)F)c1)C(=O)N1Cc2ccncc2C1. The molecule has 0 aliphatic carbocycles. The van der Waals surface area contributed by atoms with Crippen molar-refractivity contribution >= 4 is 19.5 Å². The Morgan fingerprint density at radius 2 is 1.69 bits per heavy atom. The first-order valence-corrected chi connectivity index (χ1v) is 8.62. The Bertz CT molecular complexity index is 811. The molecular weight excluding hydrogens is 385 g/mol. The number of amides is 1. The fourth-order valence-corrected chi connectivity index (χ4v) is 3.23. The summed E-state index contributed by atoms with van der Waals surface area (Å²) in [6.45, 7) is 8.56. The van der Waals surface area contributed by atoms with E-state index in [4.69, 9.17) is 9.59 Å². The number of hydrogen-bond donors (Lipinski definition) is 0. The molecule has 0 bridgehead atoms. The number of nitrogens with zero attached hydrogens (tertiary/aromatic N) is 2. The van der Waals surface area contributed by atoms with Crippen LogP contribution < -0.4 is 0 Å². The first-order valence-electron chi connectivity index (χ1n) is 8.62. The number of halogens is 3. The van der Waals surface area contributed by atoms with Crippen LogP contribution in [0.2, 0.25) is 0 Å². The maximum Gasteiger partial charge on any atom is 0.416 e. The van der Waals surface area contributed by atoms with Gasteiger partial charge in [-0.2, -0.15) is 13.2 Å². The van der Waals surface area contributed by atoms with Crippen LogP contribution in [-0.2, 0) is 40.1 Å². The second kappa shape index (κ2) is 9.95. The van der Waals surface area contributed by atoms with E-state index in [9.17, 15) is 18.0 Å². The molecule has 5 nitrogen and oxygen atoms in total. The summed E-state index contributed by atoms with van der Waals surface area (Å²) in [5, 5.41) is 0. The molecule has 0 radical (unpaired) electrons. The van der Waals surface area contributed by atoms with Crippen molar-refractivity contribution < 1.29 is 27.6 Å². The molecular formula is C21H23F3N2O3. The van der Waals surface area contributed by atoms with Gasteiger partial charge in [0, 0.05) is 30.9 Å². The highest BCUT2D eigenvalue weighted by Crippen LogP contribution is 2.33. The van der Waals surface area contributed by atoms with Gasteiger partial charge in [0.15, 0.2) is 0 Å². The summed E-state index contributed by atoms with van der Waals surface area (Å²) in [7, 11) is 0. The van der Waals surface area contributed by atoms with E-state index >= 15 is 0 Å². The molecule has 0 fully saturated rings. The normalized spacial score (nSPS) is 12.8. The number of carbonyl (C=O) groups is 3. The van der Waals surface area contributed by atoms with Gasteiger partial charge in [-0.1, -0.05) is 32.0 Å². The van der Waals surface area contributed by atoms with E-state index in [-0.39, 0.29) is 12.3 Å². The Morgan fingerprint density at radius 1 is 1.07 bits per heavy atom. The van der Waals surface area contributed by atoms with Gasteiger partial charge in [-0.15, -0.1) is 0 Å². The van der Waals surface area contributed by atoms with E-state index in [1.165, 1.54) is 6.07 Å². The molecule has 1 aliphatic rings. The average molecular weight is 408 g/mol. The molecule has 8 heteroatoms. The molecule has 29 heavy (non-hydrogen) atoms. The maximum atomic E-state index is 12.9. The van der Waals surface area contributed by atoms with Crippen molar-refractivity contribution in [2.45, 2.75) is 39.5 Å². The first kappa shape index (κ1) is 24.0. The monoisotopic (exact) mass is 408 g/mol. The number of carbonyl (C=O) groups excluding carboxylic acids is 3. The predicted octanol–water partition coefficient (Wildman–Crippen LogP) is 3.84.